The summed E-state index contributed by atoms with van der Waals surface area (Å²) in [6.07, 6.45) is 1.09. The Morgan fingerprint density at radius 1 is 0.455 bits per heavy atom. The van der Waals surface area contributed by atoms with Gasteiger partial charge in [-0.1, -0.05) is 136 Å². The van der Waals surface area contributed by atoms with Gasteiger partial charge in [0.15, 0.2) is 0 Å². The minimum atomic E-state index is 0.0952. The third-order valence-corrected chi connectivity index (χ3v) is 9.75. The predicted molar refractivity (Wildman–Crippen MR) is 190 cm³/mol. The molecule has 0 aliphatic heterocycles. The van der Waals surface area contributed by atoms with Crippen LogP contribution in [0.5, 0.6) is 0 Å². The van der Waals surface area contributed by atoms with E-state index in [1.807, 2.05) is 0 Å². The van der Waals surface area contributed by atoms with Gasteiger partial charge in [0.25, 0.3) is 0 Å². The average Bonchev–Trinajstić information content (AvgIpc) is 3.42. The molecule has 1 nitrogen and oxygen atoms in total. The van der Waals surface area contributed by atoms with Gasteiger partial charge in [-0.3, -0.25) is 0 Å². The van der Waals surface area contributed by atoms with E-state index in [1.54, 1.807) is 0 Å². The minimum absolute atomic E-state index is 0.0952. The maximum atomic E-state index is 2.46. The van der Waals surface area contributed by atoms with Gasteiger partial charge in [-0.05, 0) is 91.5 Å². The van der Waals surface area contributed by atoms with Crippen LogP contribution < -0.4 is 0 Å². The van der Waals surface area contributed by atoms with Crippen LogP contribution in [-0.4, -0.2) is 4.57 Å². The number of hydrogen-bond acceptors (Lipinski definition) is 0. The third-order valence-electron chi connectivity index (χ3n) is 9.75. The fourth-order valence-corrected chi connectivity index (χ4v) is 7.01. The van der Waals surface area contributed by atoms with Crippen LogP contribution in [0.15, 0.2) is 146 Å². The molecule has 0 amide bonds. The summed E-state index contributed by atoms with van der Waals surface area (Å²) in [6, 6.07) is 53.6. The molecule has 8 rings (SSSR count). The van der Waals surface area contributed by atoms with Crippen molar-refractivity contribution in [2.75, 3.05) is 0 Å². The molecule has 0 saturated carbocycles. The lowest BCUT2D eigenvalue weighted by Gasteiger charge is -2.25. The van der Waals surface area contributed by atoms with Crippen molar-refractivity contribution in [3.63, 3.8) is 0 Å². The van der Waals surface area contributed by atoms with E-state index in [2.05, 4.69) is 171 Å². The topological polar surface area (TPSA) is 4.93 Å². The molecule has 0 aliphatic carbocycles. The van der Waals surface area contributed by atoms with E-state index in [4.69, 9.17) is 0 Å². The molecule has 0 radical (unpaired) electrons. The molecular formula is C43H35N. The van der Waals surface area contributed by atoms with E-state index in [-0.39, 0.29) is 5.41 Å². The highest BCUT2D eigenvalue weighted by atomic mass is 15.0. The SMILES string of the molecule is CCC(C)(C)c1ccc2c(-c3ccc(-n4c5ccccc5c5ccccc54)cc3)c3ccccc3c(-c3ccccc3)c2c1. The largest absolute Gasteiger partial charge is 0.309 e. The molecule has 44 heavy (non-hydrogen) atoms. The fraction of sp³-hybridized carbons (Fsp3) is 0.116. The average molecular weight is 566 g/mol. The summed E-state index contributed by atoms with van der Waals surface area (Å²) in [5, 5.41) is 7.75. The lowest BCUT2D eigenvalue weighted by Crippen LogP contribution is -2.15. The van der Waals surface area contributed by atoms with Gasteiger partial charge in [0.1, 0.15) is 0 Å². The summed E-state index contributed by atoms with van der Waals surface area (Å²) in [7, 11) is 0. The van der Waals surface area contributed by atoms with E-state index in [0.29, 0.717) is 0 Å². The van der Waals surface area contributed by atoms with Crippen LogP contribution in [0.3, 0.4) is 0 Å². The Hall–Kier alpha value is -5.14. The number of para-hydroxylation sites is 2. The van der Waals surface area contributed by atoms with E-state index in [1.165, 1.54) is 76.9 Å². The molecule has 0 atom stereocenters. The van der Waals surface area contributed by atoms with Crippen LogP contribution in [0.2, 0.25) is 0 Å². The van der Waals surface area contributed by atoms with E-state index in [0.717, 1.165) is 6.42 Å². The van der Waals surface area contributed by atoms with Gasteiger partial charge in [0, 0.05) is 16.5 Å². The molecule has 0 spiro atoms. The minimum Gasteiger partial charge on any atom is -0.309 e. The second-order valence-electron chi connectivity index (χ2n) is 12.6. The molecule has 7 aromatic carbocycles. The number of benzene rings is 7. The highest BCUT2D eigenvalue weighted by Gasteiger charge is 2.22. The molecule has 212 valence electrons. The quantitative estimate of drug-likeness (QED) is 0.183. The van der Waals surface area contributed by atoms with Crippen molar-refractivity contribution >= 4 is 43.4 Å². The molecule has 1 heteroatoms. The van der Waals surface area contributed by atoms with Crippen LogP contribution >= 0.6 is 0 Å². The Labute approximate surface area is 259 Å². The molecule has 0 saturated heterocycles. The first-order chi connectivity index (χ1) is 21.5. The summed E-state index contributed by atoms with van der Waals surface area (Å²) in [5.74, 6) is 0. The highest BCUT2D eigenvalue weighted by molar-refractivity contribution is 6.21. The second-order valence-corrected chi connectivity index (χ2v) is 12.6. The van der Waals surface area contributed by atoms with Gasteiger partial charge in [-0.15, -0.1) is 0 Å². The molecule has 8 aromatic rings. The normalized spacial score (nSPS) is 12.1. The number of aromatic nitrogens is 1. The monoisotopic (exact) mass is 565 g/mol. The molecule has 1 aromatic heterocycles. The first-order valence-electron chi connectivity index (χ1n) is 15.7. The maximum Gasteiger partial charge on any atom is 0.0541 e. The predicted octanol–water partition coefficient (Wildman–Crippen LogP) is 12.1. The van der Waals surface area contributed by atoms with Gasteiger partial charge in [-0.25, -0.2) is 0 Å². The molecule has 1 heterocycles. The molecule has 0 fully saturated rings. The lowest BCUT2D eigenvalue weighted by atomic mass is 9.79. The third kappa shape index (κ3) is 4.07. The molecule has 0 bridgehead atoms. The van der Waals surface area contributed by atoms with Crippen molar-refractivity contribution in [2.45, 2.75) is 32.6 Å². The first-order valence-corrected chi connectivity index (χ1v) is 15.7. The van der Waals surface area contributed by atoms with Gasteiger partial charge in [-0.2, -0.15) is 0 Å². The van der Waals surface area contributed by atoms with E-state index < -0.39 is 0 Å². The molecular weight excluding hydrogens is 530 g/mol. The zero-order valence-corrected chi connectivity index (χ0v) is 25.5. The van der Waals surface area contributed by atoms with Crippen molar-refractivity contribution in [2.24, 2.45) is 0 Å². The zero-order chi connectivity index (χ0) is 29.8. The van der Waals surface area contributed by atoms with Gasteiger partial charge in [0.2, 0.25) is 0 Å². The Kier molecular flexibility index (Phi) is 6.17. The zero-order valence-electron chi connectivity index (χ0n) is 25.5. The molecule has 0 N–H and O–H groups in total. The first kappa shape index (κ1) is 26.5. The van der Waals surface area contributed by atoms with E-state index >= 15 is 0 Å². The van der Waals surface area contributed by atoms with Crippen LogP contribution in [0, 0.1) is 0 Å². The maximum absolute atomic E-state index is 2.46. The van der Waals surface area contributed by atoms with Gasteiger partial charge in [0.05, 0.1) is 11.0 Å². The lowest BCUT2D eigenvalue weighted by molar-refractivity contribution is 0.507. The number of hydrogen-bond donors (Lipinski definition) is 0. The van der Waals surface area contributed by atoms with Crippen molar-refractivity contribution in [3.8, 4) is 27.9 Å². The summed E-state index contributed by atoms with van der Waals surface area (Å²) in [4.78, 5) is 0. The fourth-order valence-electron chi connectivity index (χ4n) is 7.01. The summed E-state index contributed by atoms with van der Waals surface area (Å²) < 4.78 is 2.39. The van der Waals surface area contributed by atoms with Gasteiger partial charge < -0.3 is 4.57 Å². The number of rotatable bonds is 5. The Morgan fingerprint density at radius 2 is 0.932 bits per heavy atom. The highest BCUT2D eigenvalue weighted by Crippen LogP contribution is 2.45. The Morgan fingerprint density at radius 3 is 1.52 bits per heavy atom. The Balaban J connectivity index is 1.40. The van der Waals surface area contributed by atoms with Crippen LogP contribution in [0.4, 0.5) is 0 Å². The van der Waals surface area contributed by atoms with Gasteiger partial charge >= 0.3 is 0 Å². The second kappa shape index (κ2) is 10.2. The standard InChI is InChI=1S/C43H35N/c1-4-43(2,3)31-24-27-37-38(28-31)42(29-14-6-5-7-15-29)36-19-9-8-18-35(36)41(37)30-22-25-32(26-23-30)44-39-20-12-10-16-33(39)34-17-11-13-21-40(34)44/h5-28H,4H2,1-3H3. The van der Waals surface area contributed by atoms with Crippen molar-refractivity contribution < 1.29 is 0 Å². The van der Waals surface area contributed by atoms with E-state index in [9.17, 15) is 0 Å². The van der Waals surface area contributed by atoms with Crippen LogP contribution in [-0.2, 0) is 5.41 Å². The molecule has 0 unspecified atom stereocenters. The summed E-state index contributed by atoms with van der Waals surface area (Å²) >= 11 is 0. The van der Waals surface area contributed by atoms with Crippen molar-refractivity contribution in [1.29, 1.82) is 0 Å². The smallest absolute Gasteiger partial charge is 0.0541 e. The van der Waals surface area contributed by atoms with Crippen molar-refractivity contribution in [3.05, 3.63) is 151 Å². The molecule has 0 aliphatic rings. The Bertz CT molecular complexity index is 2270. The van der Waals surface area contributed by atoms with Crippen molar-refractivity contribution in [1.82, 2.24) is 4.57 Å². The number of fused-ring (bicyclic) bond motifs is 5. The number of nitrogens with zero attached hydrogens (tertiary/aromatic N) is 1. The van der Waals surface area contributed by atoms with Crippen LogP contribution in [0.1, 0.15) is 32.8 Å². The van der Waals surface area contributed by atoms with Crippen LogP contribution in [0.25, 0.3) is 71.3 Å². The summed E-state index contributed by atoms with van der Waals surface area (Å²) in [5.41, 5.74) is 10.2. The summed E-state index contributed by atoms with van der Waals surface area (Å²) in [6.45, 7) is 6.99.